The van der Waals surface area contributed by atoms with Gasteiger partial charge >= 0.3 is 0 Å². The number of aromatic nitrogens is 2. The normalized spacial score (nSPS) is 13.6. The van der Waals surface area contributed by atoms with Gasteiger partial charge in [-0.25, -0.2) is 8.42 Å². The van der Waals surface area contributed by atoms with E-state index in [9.17, 15) is 8.42 Å². The Kier molecular flexibility index (Phi) is 3.82. The van der Waals surface area contributed by atoms with Gasteiger partial charge in [-0.2, -0.15) is 9.40 Å². The molecule has 0 saturated carbocycles. The van der Waals surface area contributed by atoms with Crippen molar-refractivity contribution in [2.24, 2.45) is 0 Å². The lowest BCUT2D eigenvalue weighted by atomic mass is 10.1. The van der Waals surface area contributed by atoms with Crippen LogP contribution in [0.15, 0.2) is 35.4 Å². The maximum absolute atomic E-state index is 12.5. The van der Waals surface area contributed by atoms with E-state index < -0.39 is 10.0 Å². The summed E-state index contributed by atoms with van der Waals surface area (Å²) in [5.74, 6) is 0.0490. The molecule has 0 amide bonds. The summed E-state index contributed by atoms with van der Waals surface area (Å²) in [7, 11) is -2.14. The molecule has 1 aromatic carbocycles. The number of H-pyrrole nitrogens is 1. The van der Waals surface area contributed by atoms with Gasteiger partial charge in [-0.1, -0.05) is 29.8 Å². The van der Waals surface area contributed by atoms with E-state index in [1.54, 1.807) is 0 Å². The molecular formula is C13H18N4O2S. The summed E-state index contributed by atoms with van der Waals surface area (Å²) in [6.07, 6.45) is 1.23. The molecule has 20 heavy (non-hydrogen) atoms. The first kappa shape index (κ1) is 14.5. The maximum Gasteiger partial charge on any atom is 0.248 e. The van der Waals surface area contributed by atoms with Crippen LogP contribution in [0.5, 0.6) is 0 Å². The van der Waals surface area contributed by atoms with E-state index in [0.29, 0.717) is 0 Å². The number of nitrogens with one attached hydrogen (secondary N) is 1. The summed E-state index contributed by atoms with van der Waals surface area (Å²) in [5, 5.41) is 6.10. The van der Waals surface area contributed by atoms with Crippen LogP contribution in [0.4, 0.5) is 5.82 Å². The summed E-state index contributed by atoms with van der Waals surface area (Å²) in [6, 6.07) is 7.46. The lowest BCUT2D eigenvalue weighted by molar-refractivity contribution is 0.398. The van der Waals surface area contributed by atoms with Crippen LogP contribution in [0.1, 0.15) is 24.1 Å². The van der Waals surface area contributed by atoms with Gasteiger partial charge in [0.05, 0.1) is 6.20 Å². The molecule has 0 spiro atoms. The number of nitrogen functional groups attached to an aromatic ring is 1. The van der Waals surface area contributed by atoms with Crippen LogP contribution >= 0.6 is 0 Å². The van der Waals surface area contributed by atoms with E-state index in [4.69, 9.17) is 5.73 Å². The first-order valence-electron chi connectivity index (χ1n) is 6.17. The fourth-order valence-electron chi connectivity index (χ4n) is 1.91. The summed E-state index contributed by atoms with van der Waals surface area (Å²) in [5.41, 5.74) is 7.65. The number of sulfonamides is 1. The highest BCUT2D eigenvalue weighted by Gasteiger charge is 2.29. The predicted octanol–water partition coefficient (Wildman–Crippen LogP) is 1.68. The minimum atomic E-state index is -3.67. The van der Waals surface area contributed by atoms with Gasteiger partial charge in [0.1, 0.15) is 10.7 Å². The summed E-state index contributed by atoms with van der Waals surface area (Å²) < 4.78 is 26.3. The number of anilines is 1. The largest absolute Gasteiger partial charge is 0.383 e. The number of hydrogen-bond donors (Lipinski definition) is 2. The van der Waals surface area contributed by atoms with Crippen LogP contribution < -0.4 is 5.73 Å². The zero-order valence-electron chi connectivity index (χ0n) is 11.7. The summed E-state index contributed by atoms with van der Waals surface area (Å²) in [4.78, 5) is -0.000961. The number of nitrogens with two attached hydrogens (primary N) is 1. The molecule has 0 radical (unpaired) electrons. The van der Waals surface area contributed by atoms with Crippen LogP contribution in [0, 0.1) is 6.92 Å². The van der Waals surface area contributed by atoms with Gasteiger partial charge in [0.25, 0.3) is 0 Å². The second-order valence-corrected chi connectivity index (χ2v) is 6.72. The second-order valence-electron chi connectivity index (χ2n) is 4.76. The molecule has 1 unspecified atom stereocenters. The summed E-state index contributed by atoms with van der Waals surface area (Å²) in [6.45, 7) is 3.82. The molecule has 0 aliphatic rings. The van der Waals surface area contributed by atoms with E-state index in [1.807, 2.05) is 38.1 Å². The van der Waals surface area contributed by atoms with Crippen LogP contribution in [0.2, 0.25) is 0 Å². The highest BCUT2D eigenvalue weighted by Crippen LogP contribution is 2.27. The third-order valence-electron chi connectivity index (χ3n) is 3.39. The van der Waals surface area contributed by atoms with Crippen molar-refractivity contribution in [2.45, 2.75) is 24.8 Å². The molecule has 0 bridgehead atoms. The Hall–Kier alpha value is -1.86. The fraction of sp³-hybridized carbons (Fsp3) is 0.308. The molecular weight excluding hydrogens is 276 g/mol. The molecule has 0 fully saturated rings. The zero-order valence-corrected chi connectivity index (χ0v) is 12.5. The van der Waals surface area contributed by atoms with Gasteiger partial charge in [-0.3, -0.25) is 5.10 Å². The molecule has 108 valence electrons. The highest BCUT2D eigenvalue weighted by molar-refractivity contribution is 7.89. The van der Waals surface area contributed by atoms with Crippen molar-refractivity contribution in [3.8, 4) is 0 Å². The second kappa shape index (κ2) is 5.26. The van der Waals surface area contributed by atoms with Crippen molar-refractivity contribution in [2.75, 3.05) is 12.8 Å². The highest BCUT2D eigenvalue weighted by atomic mass is 32.2. The standard InChI is InChI=1S/C13H18N4O2S/c1-9-4-6-11(7-5-9)10(2)17(3)20(18,19)12-8-15-16-13(12)14/h4-8,10H,1-3H3,(H3,14,15,16). The molecule has 0 saturated heterocycles. The quantitative estimate of drug-likeness (QED) is 0.897. The molecule has 0 aliphatic heterocycles. The van der Waals surface area contributed by atoms with E-state index in [-0.39, 0.29) is 16.8 Å². The molecule has 2 rings (SSSR count). The Morgan fingerprint density at radius 3 is 2.40 bits per heavy atom. The van der Waals surface area contributed by atoms with Crippen molar-refractivity contribution in [3.63, 3.8) is 0 Å². The lowest BCUT2D eigenvalue weighted by Gasteiger charge is -2.24. The Labute approximate surface area is 118 Å². The Morgan fingerprint density at radius 2 is 1.90 bits per heavy atom. The smallest absolute Gasteiger partial charge is 0.248 e. The number of aryl methyl sites for hydroxylation is 1. The fourth-order valence-corrected chi connectivity index (χ4v) is 3.27. The molecule has 1 atom stereocenters. The average molecular weight is 294 g/mol. The topological polar surface area (TPSA) is 92.1 Å². The molecule has 0 aliphatic carbocycles. The number of benzene rings is 1. The van der Waals surface area contributed by atoms with E-state index in [1.165, 1.54) is 17.5 Å². The Balaban J connectivity index is 2.33. The summed E-state index contributed by atoms with van der Waals surface area (Å²) >= 11 is 0. The SMILES string of the molecule is Cc1ccc(C(C)N(C)S(=O)(=O)c2cn[nH]c2N)cc1. The molecule has 3 N–H and O–H groups in total. The van der Waals surface area contributed by atoms with Gasteiger partial charge in [-0.15, -0.1) is 0 Å². The van der Waals surface area contributed by atoms with Gasteiger partial charge in [0.15, 0.2) is 0 Å². The monoisotopic (exact) mass is 294 g/mol. The maximum atomic E-state index is 12.5. The van der Waals surface area contributed by atoms with E-state index >= 15 is 0 Å². The molecule has 2 aromatic rings. The van der Waals surface area contributed by atoms with Crippen LogP contribution in [0.3, 0.4) is 0 Å². The average Bonchev–Trinajstić information content (AvgIpc) is 2.85. The first-order valence-corrected chi connectivity index (χ1v) is 7.61. The third kappa shape index (κ3) is 2.54. The van der Waals surface area contributed by atoms with Crippen molar-refractivity contribution >= 4 is 15.8 Å². The Morgan fingerprint density at radius 1 is 1.30 bits per heavy atom. The first-order chi connectivity index (χ1) is 9.34. The van der Waals surface area contributed by atoms with Crippen LogP contribution in [0.25, 0.3) is 0 Å². The van der Waals surface area contributed by atoms with Crippen molar-refractivity contribution in [1.29, 1.82) is 0 Å². The van der Waals surface area contributed by atoms with Crippen molar-refractivity contribution in [1.82, 2.24) is 14.5 Å². The van der Waals surface area contributed by atoms with Gasteiger partial charge in [0.2, 0.25) is 10.0 Å². The number of hydrogen-bond acceptors (Lipinski definition) is 4. The Bertz CT molecular complexity index is 691. The van der Waals surface area contributed by atoms with Crippen LogP contribution in [-0.2, 0) is 10.0 Å². The number of nitrogens with zero attached hydrogens (tertiary/aromatic N) is 2. The molecule has 6 nitrogen and oxygen atoms in total. The van der Waals surface area contributed by atoms with Crippen molar-refractivity contribution < 1.29 is 8.42 Å². The number of aromatic amines is 1. The molecule has 1 heterocycles. The zero-order chi connectivity index (χ0) is 14.9. The molecule has 7 heteroatoms. The van der Waals surface area contributed by atoms with Crippen LogP contribution in [-0.4, -0.2) is 30.0 Å². The minimum absolute atomic E-state index is 0.000961. The third-order valence-corrected chi connectivity index (χ3v) is 5.35. The number of rotatable bonds is 4. The van der Waals surface area contributed by atoms with Gasteiger partial charge < -0.3 is 5.73 Å². The van der Waals surface area contributed by atoms with E-state index in [2.05, 4.69) is 10.2 Å². The van der Waals surface area contributed by atoms with Crippen molar-refractivity contribution in [3.05, 3.63) is 41.6 Å². The van der Waals surface area contributed by atoms with E-state index in [0.717, 1.165) is 11.1 Å². The predicted molar refractivity (Wildman–Crippen MR) is 77.5 cm³/mol. The van der Waals surface area contributed by atoms with Gasteiger partial charge in [-0.05, 0) is 19.4 Å². The van der Waals surface area contributed by atoms with Gasteiger partial charge in [0, 0.05) is 13.1 Å². The minimum Gasteiger partial charge on any atom is -0.383 e. The molecule has 1 aromatic heterocycles. The lowest BCUT2D eigenvalue weighted by Crippen LogP contribution is -2.30.